The number of alkyl halides is 3. The summed E-state index contributed by atoms with van der Waals surface area (Å²) in [6, 6.07) is 3.98. The molecule has 0 aliphatic heterocycles. The maximum Gasteiger partial charge on any atom is 0.416 e. The third kappa shape index (κ3) is 3.88. The average molecular weight is 452 g/mol. The van der Waals surface area contributed by atoms with Gasteiger partial charge in [0.05, 0.1) is 28.3 Å². The average Bonchev–Trinajstić information content (AvgIpc) is 3.22. The topological polar surface area (TPSA) is 72.6 Å². The van der Waals surface area contributed by atoms with Crippen LogP contribution in [0.4, 0.5) is 23.4 Å². The highest BCUT2D eigenvalue weighted by atomic mass is 35.5. The van der Waals surface area contributed by atoms with Crippen LogP contribution >= 0.6 is 11.6 Å². The first-order valence-electron chi connectivity index (χ1n) is 8.93. The Morgan fingerprint density at radius 1 is 1.06 bits per heavy atom. The van der Waals surface area contributed by atoms with Crippen molar-refractivity contribution in [3.8, 4) is 5.82 Å². The van der Waals surface area contributed by atoms with Gasteiger partial charge < -0.3 is 4.90 Å². The monoisotopic (exact) mass is 451 g/mol. The summed E-state index contributed by atoms with van der Waals surface area (Å²) in [4.78, 5) is 18.1. The molecule has 0 bridgehead atoms. The molecule has 7 nitrogen and oxygen atoms in total. The van der Waals surface area contributed by atoms with Crippen molar-refractivity contribution in [1.29, 1.82) is 0 Å². The first-order chi connectivity index (χ1) is 14.7. The van der Waals surface area contributed by atoms with Crippen LogP contribution in [0.1, 0.15) is 24.4 Å². The van der Waals surface area contributed by atoms with Gasteiger partial charge in [0.1, 0.15) is 24.3 Å². The van der Waals surface area contributed by atoms with Gasteiger partial charge in [0.25, 0.3) is 0 Å². The normalized spacial score (nSPS) is 12.9. The lowest BCUT2D eigenvalue weighted by molar-refractivity contribution is -0.137. The van der Waals surface area contributed by atoms with Crippen molar-refractivity contribution in [3.05, 3.63) is 65.3 Å². The van der Waals surface area contributed by atoms with E-state index in [0.717, 1.165) is 18.3 Å². The molecule has 0 aliphatic carbocycles. The molecule has 0 radical (unpaired) electrons. The van der Waals surface area contributed by atoms with Crippen LogP contribution in [0.25, 0.3) is 16.7 Å². The van der Waals surface area contributed by atoms with Gasteiger partial charge in [-0.25, -0.2) is 24.3 Å². The molecular formula is C19H14ClF4N7. The Balaban J connectivity index is 1.79. The van der Waals surface area contributed by atoms with E-state index in [-0.39, 0.29) is 21.7 Å². The number of aromatic nitrogens is 6. The van der Waals surface area contributed by atoms with Crippen LogP contribution in [0.2, 0.25) is 5.02 Å². The molecule has 0 N–H and O–H groups in total. The number of benzene rings is 1. The van der Waals surface area contributed by atoms with Crippen molar-refractivity contribution >= 4 is 28.3 Å². The second-order valence-corrected chi connectivity index (χ2v) is 7.11. The van der Waals surface area contributed by atoms with Gasteiger partial charge in [0, 0.05) is 12.4 Å². The summed E-state index contributed by atoms with van der Waals surface area (Å²) in [5.74, 6) is 0.489. The van der Waals surface area contributed by atoms with Gasteiger partial charge in [-0.15, -0.1) is 0 Å². The van der Waals surface area contributed by atoms with Gasteiger partial charge in [-0.1, -0.05) is 11.6 Å². The molecule has 4 rings (SSSR count). The van der Waals surface area contributed by atoms with Crippen molar-refractivity contribution in [2.45, 2.75) is 19.1 Å². The molecule has 0 fully saturated rings. The molecule has 0 amide bonds. The van der Waals surface area contributed by atoms with Gasteiger partial charge >= 0.3 is 6.18 Å². The lowest BCUT2D eigenvalue weighted by Crippen LogP contribution is -2.26. The first kappa shape index (κ1) is 20.9. The lowest BCUT2D eigenvalue weighted by atomic mass is 10.1. The molecule has 0 aliphatic rings. The quantitative estimate of drug-likeness (QED) is 0.422. The molecule has 0 saturated heterocycles. The van der Waals surface area contributed by atoms with Crippen LogP contribution in [0.15, 0.2) is 43.1 Å². The summed E-state index contributed by atoms with van der Waals surface area (Å²) in [5, 5.41) is 4.14. The Bertz CT molecular complexity index is 1240. The molecule has 1 aromatic carbocycles. The predicted octanol–water partition coefficient (Wildman–Crippen LogP) is 4.61. The molecule has 3 heterocycles. The second kappa shape index (κ2) is 7.73. The van der Waals surface area contributed by atoms with E-state index in [1.54, 1.807) is 18.9 Å². The third-order valence-corrected chi connectivity index (χ3v) is 5.08. The summed E-state index contributed by atoms with van der Waals surface area (Å²) in [6.07, 6.45) is -0.995. The van der Waals surface area contributed by atoms with E-state index < -0.39 is 23.6 Å². The fourth-order valence-electron chi connectivity index (χ4n) is 3.12. The van der Waals surface area contributed by atoms with Crippen LogP contribution in [-0.4, -0.2) is 36.8 Å². The van der Waals surface area contributed by atoms with E-state index in [1.807, 2.05) is 0 Å². The molecule has 31 heavy (non-hydrogen) atoms. The summed E-state index contributed by atoms with van der Waals surface area (Å²) in [7, 11) is 1.65. The second-order valence-electron chi connectivity index (χ2n) is 6.70. The third-order valence-electron chi connectivity index (χ3n) is 4.79. The molecule has 3 aromatic heterocycles. The zero-order valence-corrected chi connectivity index (χ0v) is 16.9. The molecular weight excluding hydrogens is 438 g/mol. The number of hydrogen-bond donors (Lipinski definition) is 0. The van der Waals surface area contributed by atoms with Gasteiger partial charge in [-0.3, -0.25) is 0 Å². The van der Waals surface area contributed by atoms with E-state index >= 15 is 0 Å². The van der Waals surface area contributed by atoms with Crippen LogP contribution in [0.3, 0.4) is 0 Å². The van der Waals surface area contributed by atoms with Crippen LogP contribution in [0.5, 0.6) is 0 Å². The lowest BCUT2D eigenvalue weighted by Gasteiger charge is -2.26. The number of halogens is 5. The summed E-state index contributed by atoms with van der Waals surface area (Å²) < 4.78 is 54.6. The Labute approximate surface area is 178 Å². The first-order valence-corrected chi connectivity index (χ1v) is 9.30. The van der Waals surface area contributed by atoms with Crippen molar-refractivity contribution in [1.82, 2.24) is 29.7 Å². The molecule has 1 unspecified atom stereocenters. The SMILES string of the molecule is CC(c1ncnn1-c1ccc(F)cn1)N(C)c1ncnc2c(Cl)cc(C(F)(F)F)cc12. The van der Waals surface area contributed by atoms with Crippen LogP contribution in [-0.2, 0) is 6.18 Å². The molecule has 0 saturated carbocycles. The van der Waals surface area contributed by atoms with Crippen molar-refractivity contribution in [2.24, 2.45) is 0 Å². The predicted molar refractivity (Wildman–Crippen MR) is 105 cm³/mol. The zero-order valence-electron chi connectivity index (χ0n) is 16.1. The van der Waals surface area contributed by atoms with Crippen LogP contribution < -0.4 is 4.90 Å². The van der Waals surface area contributed by atoms with E-state index in [2.05, 4.69) is 25.0 Å². The summed E-state index contributed by atoms with van der Waals surface area (Å²) in [5.41, 5.74) is -0.707. The van der Waals surface area contributed by atoms with E-state index in [4.69, 9.17) is 11.6 Å². The van der Waals surface area contributed by atoms with Crippen molar-refractivity contribution in [2.75, 3.05) is 11.9 Å². The Morgan fingerprint density at radius 3 is 2.52 bits per heavy atom. The van der Waals surface area contributed by atoms with Crippen LogP contribution in [0, 0.1) is 5.82 Å². The van der Waals surface area contributed by atoms with Gasteiger partial charge in [-0.05, 0) is 31.2 Å². The Morgan fingerprint density at radius 2 is 1.84 bits per heavy atom. The van der Waals surface area contributed by atoms with Gasteiger partial charge in [-0.2, -0.15) is 23.0 Å². The zero-order chi connectivity index (χ0) is 22.3. The minimum absolute atomic E-state index is 0.131. The number of hydrogen-bond acceptors (Lipinski definition) is 6. The van der Waals surface area contributed by atoms with E-state index in [0.29, 0.717) is 11.6 Å². The fourth-order valence-corrected chi connectivity index (χ4v) is 3.39. The molecule has 0 spiro atoms. The molecule has 1 atom stereocenters. The maximum absolute atomic E-state index is 13.3. The fraction of sp³-hybridized carbons (Fsp3) is 0.211. The molecule has 160 valence electrons. The largest absolute Gasteiger partial charge is 0.416 e. The number of fused-ring (bicyclic) bond motifs is 1. The van der Waals surface area contributed by atoms with Crippen molar-refractivity contribution < 1.29 is 17.6 Å². The van der Waals surface area contributed by atoms with Gasteiger partial charge in [0.15, 0.2) is 11.6 Å². The van der Waals surface area contributed by atoms with Gasteiger partial charge in [0.2, 0.25) is 0 Å². The standard InChI is InChI=1S/C19H14ClF4N7/c1-10(17-28-9-29-31(17)15-4-3-12(21)7-25-15)30(2)18-13-5-11(19(22,23)24)6-14(20)16(13)26-8-27-18/h3-10H,1-2H3. The summed E-state index contributed by atoms with van der Waals surface area (Å²) >= 11 is 6.07. The Hall–Kier alpha value is -3.34. The maximum atomic E-state index is 13.3. The Kier molecular flexibility index (Phi) is 5.21. The highest BCUT2D eigenvalue weighted by Crippen LogP contribution is 2.38. The number of rotatable bonds is 4. The number of nitrogens with zero attached hydrogens (tertiary/aromatic N) is 7. The van der Waals surface area contributed by atoms with E-state index in [1.165, 1.54) is 29.5 Å². The number of pyridine rings is 1. The van der Waals surface area contributed by atoms with Crippen molar-refractivity contribution in [3.63, 3.8) is 0 Å². The molecule has 4 aromatic rings. The number of anilines is 1. The van der Waals surface area contributed by atoms with E-state index in [9.17, 15) is 17.6 Å². The molecule has 12 heteroatoms. The minimum Gasteiger partial charge on any atom is -0.349 e. The highest BCUT2D eigenvalue weighted by molar-refractivity contribution is 6.35. The minimum atomic E-state index is -4.58. The summed E-state index contributed by atoms with van der Waals surface area (Å²) in [6.45, 7) is 1.77. The highest BCUT2D eigenvalue weighted by Gasteiger charge is 2.32. The smallest absolute Gasteiger partial charge is 0.349 e.